The molecule has 1 heterocycles. The molecule has 0 aromatic carbocycles. The summed E-state index contributed by atoms with van der Waals surface area (Å²) in [6.45, 7) is 3.43. The highest BCUT2D eigenvalue weighted by molar-refractivity contribution is 5.47. The van der Waals surface area contributed by atoms with E-state index in [0.717, 1.165) is 18.5 Å². The van der Waals surface area contributed by atoms with Crippen LogP contribution in [0.25, 0.3) is 0 Å². The molecule has 1 N–H and O–H groups in total. The number of aryl methyl sites for hydroxylation is 2. The summed E-state index contributed by atoms with van der Waals surface area (Å²) in [7, 11) is 0. The van der Waals surface area contributed by atoms with E-state index in [1.807, 2.05) is 0 Å². The molecule has 1 aromatic heterocycles. The topological polar surface area (TPSA) is 76.3 Å². The van der Waals surface area contributed by atoms with Gasteiger partial charge in [-0.25, -0.2) is 0 Å². The van der Waals surface area contributed by atoms with Crippen molar-refractivity contribution in [1.82, 2.24) is 4.98 Å². The van der Waals surface area contributed by atoms with Gasteiger partial charge in [-0.2, -0.15) is 0 Å². The zero-order valence-corrected chi connectivity index (χ0v) is 10.7. The van der Waals surface area contributed by atoms with Crippen LogP contribution in [0.3, 0.4) is 0 Å². The summed E-state index contributed by atoms with van der Waals surface area (Å²) in [5.74, 6) is 0.436. The average Bonchev–Trinajstić information content (AvgIpc) is 3.11. The van der Waals surface area contributed by atoms with Gasteiger partial charge in [0.1, 0.15) is 0 Å². The van der Waals surface area contributed by atoms with Gasteiger partial charge in [-0.15, -0.1) is 0 Å². The summed E-state index contributed by atoms with van der Waals surface area (Å²) in [6, 6.07) is 0. The molecule has 1 aromatic rings. The second-order valence-electron chi connectivity index (χ2n) is 5.06. The van der Waals surface area contributed by atoms with Crippen LogP contribution in [0.5, 0.6) is 0 Å². The predicted octanol–water partition coefficient (Wildman–Crippen LogP) is 2.31. The smallest absolute Gasteiger partial charge is 0.278 e. The van der Waals surface area contributed by atoms with E-state index in [0.29, 0.717) is 29.9 Å². The van der Waals surface area contributed by atoms with Gasteiger partial charge in [-0.05, 0) is 45.4 Å². The molecular formula is C13H18N2O3. The number of aliphatic hydroxyl groups is 1. The molecule has 5 nitrogen and oxygen atoms in total. The van der Waals surface area contributed by atoms with Crippen molar-refractivity contribution in [2.75, 3.05) is 0 Å². The first-order valence-electron chi connectivity index (χ1n) is 6.28. The van der Waals surface area contributed by atoms with E-state index in [-0.39, 0.29) is 16.7 Å². The lowest BCUT2D eigenvalue weighted by atomic mass is 10.0. The minimum atomic E-state index is -0.354. The zero-order chi connectivity index (χ0) is 13.3. The second-order valence-corrected chi connectivity index (χ2v) is 5.06. The summed E-state index contributed by atoms with van der Waals surface area (Å²) < 4.78 is 0. The summed E-state index contributed by atoms with van der Waals surface area (Å²) >= 11 is 0. The molecule has 1 fully saturated rings. The second kappa shape index (κ2) is 5.02. The van der Waals surface area contributed by atoms with Gasteiger partial charge in [-0.1, -0.05) is 0 Å². The molecule has 18 heavy (non-hydrogen) atoms. The molecule has 98 valence electrons. The summed E-state index contributed by atoms with van der Waals surface area (Å²) in [5, 5.41) is 20.8. The van der Waals surface area contributed by atoms with Crippen molar-refractivity contribution in [3.05, 3.63) is 33.1 Å². The maximum absolute atomic E-state index is 11.0. The highest BCUT2D eigenvalue weighted by Crippen LogP contribution is 2.34. The van der Waals surface area contributed by atoms with Crippen LogP contribution >= 0.6 is 0 Å². The van der Waals surface area contributed by atoms with E-state index in [2.05, 4.69) is 4.98 Å². The van der Waals surface area contributed by atoms with E-state index >= 15 is 0 Å². The lowest BCUT2D eigenvalue weighted by molar-refractivity contribution is -0.386. The van der Waals surface area contributed by atoms with E-state index in [1.165, 1.54) is 0 Å². The maximum atomic E-state index is 11.0. The Morgan fingerprint density at radius 1 is 1.56 bits per heavy atom. The third-order valence-electron chi connectivity index (χ3n) is 3.60. The molecule has 0 bridgehead atoms. The van der Waals surface area contributed by atoms with Crippen molar-refractivity contribution in [1.29, 1.82) is 0 Å². The number of pyridine rings is 1. The molecule has 1 saturated carbocycles. The predicted molar refractivity (Wildman–Crippen MR) is 67.4 cm³/mol. The van der Waals surface area contributed by atoms with Crippen LogP contribution in [-0.2, 0) is 6.42 Å². The maximum Gasteiger partial charge on any atom is 0.278 e. The first-order chi connectivity index (χ1) is 8.50. The SMILES string of the molecule is Cc1cnc(CCC(O)C2CC2)c(C)c1[N+](=O)[O-]. The van der Waals surface area contributed by atoms with E-state index in [9.17, 15) is 15.2 Å². The van der Waals surface area contributed by atoms with Gasteiger partial charge in [0.2, 0.25) is 0 Å². The normalized spacial score (nSPS) is 16.6. The number of nitro groups is 1. The lowest BCUT2D eigenvalue weighted by Gasteiger charge is -2.10. The lowest BCUT2D eigenvalue weighted by Crippen LogP contribution is -2.12. The molecule has 1 atom stereocenters. The standard InChI is InChI=1S/C13H18N2O3/c1-8-7-14-11(9(2)13(8)15(17)18)5-6-12(16)10-3-4-10/h7,10,12,16H,3-6H2,1-2H3. The van der Waals surface area contributed by atoms with E-state index < -0.39 is 0 Å². The molecule has 0 radical (unpaired) electrons. The minimum Gasteiger partial charge on any atom is -0.393 e. The molecule has 1 aliphatic rings. The number of nitrogens with zero attached hydrogens (tertiary/aromatic N) is 2. The van der Waals surface area contributed by atoms with E-state index in [4.69, 9.17) is 0 Å². The summed E-state index contributed by atoms with van der Waals surface area (Å²) in [5.41, 5.74) is 2.10. The first-order valence-corrected chi connectivity index (χ1v) is 6.28. The fraction of sp³-hybridized carbons (Fsp3) is 0.615. The van der Waals surface area contributed by atoms with Gasteiger partial charge in [0, 0.05) is 17.3 Å². The molecule has 0 saturated heterocycles. The molecule has 0 spiro atoms. The number of aliphatic hydroxyl groups excluding tert-OH is 1. The van der Waals surface area contributed by atoms with Gasteiger partial charge in [0.05, 0.1) is 16.7 Å². The molecule has 1 unspecified atom stereocenters. The number of hydrogen-bond donors (Lipinski definition) is 1. The molecule has 0 aliphatic heterocycles. The quantitative estimate of drug-likeness (QED) is 0.642. The van der Waals surface area contributed by atoms with Crippen molar-refractivity contribution in [3.8, 4) is 0 Å². The van der Waals surface area contributed by atoms with Gasteiger partial charge in [0.15, 0.2) is 0 Å². The Labute approximate surface area is 106 Å². The van der Waals surface area contributed by atoms with Gasteiger partial charge in [0.25, 0.3) is 5.69 Å². The Hall–Kier alpha value is -1.49. The Balaban J connectivity index is 2.12. The third-order valence-corrected chi connectivity index (χ3v) is 3.60. The molecule has 0 amide bonds. The number of rotatable bonds is 5. The Morgan fingerprint density at radius 2 is 2.22 bits per heavy atom. The highest BCUT2D eigenvalue weighted by Gasteiger charge is 2.29. The number of aromatic nitrogens is 1. The van der Waals surface area contributed by atoms with Crippen LogP contribution in [0.15, 0.2) is 6.20 Å². The van der Waals surface area contributed by atoms with Crippen LogP contribution < -0.4 is 0 Å². The Morgan fingerprint density at radius 3 is 2.78 bits per heavy atom. The van der Waals surface area contributed by atoms with Gasteiger partial charge >= 0.3 is 0 Å². The number of hydrogen-bond acceptors (Lipinski definition) is 4. The van der Waals surface area contributed by atoms with Crippen LogP contribution in [0, 0.1) is 29.9 Å². The fourth-order valence-electron chi connectivity index (χ4n) is 2.30. The summed E-state index contributed by atoms with van der Waals surface area (Å²) in [4.78, 5) is 14.9. The third kappa shape index (κ3) is 2.67. The average molecular weight is 250 g/mol. The first kappa shape index (κ1) is 13.0. The largest absolute Gasteiger partial charge is 0.393 e. The van der Waals surface area contributed by atoms with Crippen molar-refractivity contribution >= 4 is 5.69 Å². The monoisotopic (exact) mass is 250 g/mol. The zero-order valence-electron chi connectivity index (χ0n) is 10.7. The Bertz CT molecular complexity index is 470. The molecule has 5 heteroatoms. The fourth-order valence-corrected chi connectivity index (χ4v) is 2.30. The van der Waals surface area contributed by atoms with Gasteiger partial charge < -0.3 is 5.11 Å². The van der Waals surface area contributed by atoms with Crippen molar-refractivity contribution < 1.29 is 10.0 Å². The molecule has 1 aliphatic carbocycles. The van der Waals surface area contributed by atoms with Crippen LogP contribution in [-0.4, -0.2) is 21.1 Å². The van der Waals surface area contributed by atoms with E-state index in [1.54, 1.807) is 20.0 Å². The minimum absolute atomic E-state index is 0.154. The summed E-state index contributed by atoms with van der Waals surface area (Å²) in [6.07, 6.45) is 4.70. The van der Waals surface area contributed by atoms with Crippen LogP contribution in [0.2, 0.25) is 0 Å². The van der Waals surface area contributed by atoms with Crippen molar-refractivity contribution in [2.24, 2.45) is 5.92 Å². The van der Waals surface area contributed by atoms with Crippen LogP contribution in [0.1, 0.15) is 36.1 Å². The molecule has 2 rings (SSSR count). The Kier molecular flexibility index (Phi) is 3.61. The van der Waals surface area contributed by atoms with Crippen molar-refractivity contribution in [2.45, 2.75) is 45.6 Å². The molecular weight excluding hydrogens is 232 g/mol. The van der Waals surface area contributed by atoms with Gasteiger partial charge in [-0.3, -0.25) is 15.1 Å². The van der Waals surface area contributed by atoms with Crippen molar-refractivity contribution in [3.63, 3.8) is 0 Å². The highest BCUT2D eigenvalue weighted by atomic mass is 16.6. The van der Waals surface area contributed by atoms with Crippen LogP contribution in [0.4, 0.5) is 5.69 Å².